The molecule has 0 spiro atoms. The summed E-state index contributed by atoms with van der Waals surface area (Å²) in [7, 11) is 13.3. The van der Waals surface area contributed by atoms with Gasteiger partial charge < -0.3 is 62.0 Å². The second-order valence-electron chi connectivity index (χ2n) is 15.8. The second kappa shape index (κ2) is 43.7. The van der Waals surface area contributed by atoms with Gasteiger partial charge in [-0.2, -0.15) is 0 Å². The minimum absolute atomic E-state index is 0. The number of phenols is 1. The Labute approximate surface area is 522 Å². The van der Waals surface area contributed by atoms with Crippen molar-refractivity contribution in [2.24, 2.45) is 5.84 Å². The van der Waals surface area contributed by atoms with Crippen LogP contribution < -0.4 is 48.2 Å². The van der Waals surface area contributed by atoms with E-state index in [0.29, 0.717) is 61.5 Å². The maximum Gasteiger partial charge on any atom is 0.356 e. The molecule has 3 amide bonds. The molecular formula is C56H61Cl5N12O12S. The Balaban J connectivity index is 0.000000511. The van der Waals surface area contributed by atoms with Gasteiger partial charge in [-0.1, -0.05) is 29.3 Å². The molecule has 1 saturated heterocycles. The van der Waals surface area contributed by atoms with E-state index in [1.807, 2.05) is 0 Å². The van der Waals surface area contributed by atoms with E-state index < -0.39 is 21.2 Å². The van der Waals surface area contributed by atoms with Crippen LogP contribution in [0, 0.1) is 0 Å². The molecule has 6 heterocycles. The molecule has 1 fully saturated rings. The molecule has 0 unspecified atom stereocenters. The first kappa shape index (κ1) is 75.1. The Hall–Kier alpha value is -8.92. The predicted molar refractivity (Wildman–Crippen MR) is 335 cm³/mol. The highest BCUT2D eigenvalue weighted by Gasteiger charge is 2.09. The third-order valence-corrected chi connectivity index (χ3v) is 10.1. The van der Waals surface area contributed by atoms with Crippen LogP contribution in [0.25, 0.3) is 0 Å². The number of methoxy groups -OCH3 is 1. The number of carbonyl (C=O) groups is 5. The molecule has 30 heteroatoms. The standard InChI is InChI=1S/C13H14N4O2.C13H13N3O2.C7H7ClN2O.C7H6ClNO2.C6H5NO2.C6H7NO.C4H8O.Cl2OS.ClH/c1-15-13(18)12-8-11(6-7-16-12)19-10-4-2-9(17-14)3-5-10;1-15-13(17)12-8-11(6-7-16-12)18-10-4-2-9(14)3-5-10;1-9-7(11)6-4-5(8)2-3-10-6;1-11-7(10)6-4-5(8)2-3-9-6;8-6(9)5-3-1-2-4-7-5;7-5-1-3-6(8)4-2-5;1-2-4-5-3-1;1-4(2)3;/h2-8,17H,14H2,1H3,(H,15,18);2-8H,14H2,1H3,(H,15,17);2-4H,1H3,(H,9,11);2-4H,1H3;1-4H,(H,8,9);1-4,8H,7H2;1-4H2;;1H. The summed E-state index contributed by atoms with van der Waals surface area (Å²) >= 11 is 11.2. The molecule has 0 saturated carbocycles. The van der Waals surface area contributed by atoms with E-state index >= 15 is 0 Å². The number of nitrogens with zero attached hydrogens (tertiary/aromatic N) is 5. The monoisotopic (exact) mass is 1300 g/mol. The number of hydrazine groups is 1. The summed E-state index contributed by atoms with van der Waals surface area (Å²) in [6.45, 7) is 2.00. The molecule has 24 nitrogen and oxygen atoms in total. The van der Waals surface area contributed by atoms with Crippen molar-refractivity contribution in [2.75, 3.05) is 58.4 Å². The number of nitrogens with one attached hydrogen (secondary N) is 4. The van der Waals surface area contributed by atoms with E-state index in [2.05, 4.69) is 72.4 Å². The van der Waals surface area contributed by atoms with Gasteiger partial charge in [-0.3, -0.25) is 35.2 Å². The maximum atomic E-state index is 11.5. The van der Waals surface area contributed by atoms with E-state index in [0.717, 1.165) is 18.9 Å². The molecule has 1 aliphatic heterocycles. The largest absolute Gasteiger partial charge is 0.508 e. The van der Waals surface area contributed by atoms with E-state index in [9.17, 15) is 24.0 Å². The second-order valence-corrected chi connectivity index (χ2v) is 19.2. The van der Waals surface area contributed by atoms with Gasteiger partial charge in [0.05, 0.1) is 7.11 Å². The number of hydrogen-bond acceptors (Lipinski definition) is 20. The van der Waals surface area contributed by atoms with Crippen LogP contribution in [0.5, 0.6) is 28.7 Å². The lowest BCUT2D eigenvalue weighted by atomic mass is 10.3. The summed E-state index contributed by atoms with van der Waals surface area (Å²) in [5.41, 5.74) is 16.8. The van der Waals surface area contributed by atoms with Crippen LogP contribution in [0.15, 0.2) is 171 Å². The lowest BCUT2D eigenvalue weighted by Crippen LogP contribution is -2.18. The number of carbonyl (C=O) groups excluding carboxylic acids is 4. The van der Waals surface area contributed by atoms with E-state index in [1.165, 1.54) is 69.1 Å². The van der Waals surface area contributed by atoms with E-state index in [1.54, 1.807) is 142 Å². The summed E-state index contributed by atoms with van der Waals surface area (Å²) < 4.78 is 29.7. The minimum Gasteiger partial charge on any atom is -0.508 e. The Kier molecular flexibility index (Phi) is 38.1. The number of carboxylic acid groups (broad SMARTS) is 1. The third-order valence-electron chi connectivity index (χ3n) is 9.66. The fraction of sp³-hybridized carbons (Fsp3) is 0.143. The number of nitrogen functional groups attached to an aromatic ring is 3. The molecule has 3 aromatic carbocycles. The number of aromatic carboxylic acids is 1. The summed E-state index contributed by atoms with van der Waals surface area (Å²) in [6, 6.07) is 38.0. The normalized spacial score (nSPS) is 10.2. The van der Waals surface area contributed by atoms with Gasteiger partial charge in [0.1, 0.15) is 57.2 Å². The van der Waals surface area contributed by atoms with Crippen molar-refractivity contribution in [3.8, 4) is 28.7 Å². The van der Waals surface area contributed by atoms with Crippen molar-refractivity contribution in [3.63, 3.8) is 0 Å². The molecule has 5 aromatic heterocycles. The lowest BCUT2D eigenvalue weighted by Gasteiger charge is -2.07. The topological polar surface area (TPSA) is 370 Å². The zero-order valence-corrected chi connectivity index (χ0v) is 50.9. The molecule has 0 bridgehead atoms. The molecule has 86 heavy (non-hydrogen) atoms. The van der Waals surface area contributed by atoms with Crippen molar-refractivity contribution in [2.45, 2.75) is 12.8 Å². The summed E-state index contributed by atoms with van der Waals surface area (Å²) in [4.78, 5) is 73.8. The number of carboxylic acids is 1. The number of nitrogens with two attached hydrogens (primary N) is 3. The van der Waals surface area contributed by atoms with Crippen molar-refractivity contribution < 1.29 is 57.3 Å². The average molecular weight is 1300 g/mol. The summed E-state index contributed by atoms with van der Waals surface area (Å²) in [6.07, 6.45) is 10.00. The number of pyridine rings is 5. The first-order valence-electron chi connectivity index (χ1n) is 24.4. The summed E-state index contributed by atoms with van der Waals surface area (Å²) in [5, 5.41) is 25.5. The lowest BCUT2D eigenvalue weighted by molar-refractivity contribution is 0.0592. The number of phenolic OH excluding ortho intramolecular Hbond substituents is 1. The quantitative estimate of drug-likeness (QED) is 0.0153. The molecule has 458 valence electrons. The summed E-state index contributed by atoms with van der Waals surface area (Å²) in [5.74, 6) is 5.71. The molecule has 12 N–H and O–H groups in total. The number of aromatic hydroxyl groups is 1. The number of amides is 3. The minimum atomic E-state index is -1.67. The first-order chi connectivity index (χ1) is 40.7. The van der Waals surface area contributed by atoms with Gasteiger partial charge >= 0.3 is 11.9 Å². The van der Waals surface area contributed by atoms with E-state index in [-0.39, 0.29) is 47.3 Å². The van der Waals surface area contributed by atoms with Crippen molar-refractivity contribution in [1.29, 1.82) is 0 Å². The third kappa shape index (κ3) is 32.8. The van der Waals surface area contributed by atoms with Gasteiger partial charge in [0.25, 0.3) is 17.7 Å². The molecule has 0 atom stereocenters. The van der Waals surface area contributed by atoms with Crippen LogP contribution in [0.3, 0.4) is 0 Å². The number of anilines is 3. The number of aromatic nitrogens is 5. The Bertz CT molecular complexity index is 3220. The van der Waals surface area contributed by atoms with Crippen molar-refractivity contribution in [3.05, 3.63) is 209 Å². The van der Waals surface area contributed by atoms with E-state index in [4.69, 9.17) is 69.1 Å². The fourth-order valence-corrected chi connectivity index (χ4v) is 5.95. The maximum absolute atomic E-state index is 11.5. The number of benzene rings is 3. The molecule has 8 aromatic rings. The van der Waals surface area contributed by atoms with Crippen LogP contribution in [0.2, 0.25) is 10.0 Å². The predicted octanol–water partition coefficient (Wildman–Crippen LogP) is 9.97. The highest BCUT2D eigenvalue weighted by Crippen LogP contribution is 2.24. The van der Waals surface area contributed by atoms with Crippen LogP contribution in [-0.4, -0.2) is 110 Å². The molecule has 0 aliphatic carbocycles. The van der Waals surface area contributed by atoms with Crippen LogP contribution in [-0.2, 0) is 18.7 Å². The molecule has 1 aliphatic rings. The highest BCUT2D eigenvalue weighted by molar-refractivity contribution is 8.26. The highest BCUT2D eigenvalue weighted by atomic mass is 36.0. The number of rotatable bonds is 10. The molecule has 0 radical (unpaired) electrons. The van der Waals surface area contributed by atoms with Gasteiger partial charge in [-0.15, -0.1) is 12.4 Å². The van der Waals surface area contributed by atoms with Gasteiger partial charge in [0, 0.05) is 126 Å². The number of esters is 1. The Morgan fingerprint density at radius 1 is 0.547 bits per heavy atom. The van der Waals surface area contributed by atoms with Gasteiger partial charge in [0.2, 0.25) is 9.23 Å². The van der Waals surface area contributed by atoms with Crippen LogP contribution in [0.1, 0.15) is 65.3 Å². The zero-order chi connectivity index (χ0) is 62.9. The Morgan fingerprint density at radius 2 is 0.930 bits per heavy atom. The van der Waals surface area contributed by atoms with Crippen molar-refractivity contribution >= 4 is 113 Å². The number of halogens is 5. The van der Waals surface area contributed by atoms with Crippen LogP contribution >= 0.6 is 57.0 Å². The Morgan fingerprint density at radius 3 is 1.27 bits per heavy atom. The van der Waals surface area contributed by atoms with Gasteiger partial charge in [0.15, 0.2) is 0 Å². The molecular weight excluding hydrogens is 1240 g/mol. The average Bonchev–Trinajstić information content (AvgIpc) is 4.13. The van der Waals surface area contributed by atoms with Crippen LogP contribution in [0.4, 0.5) is 17.1 Å². The van der Waals surface area contributed by atoms with Gasteiger partial charge in [-0.05, 0) is 134 Å². The van der Waals surface area contributed by atoms with Crippen molar-refractivity contribution in [1.82, 2.24) is 40.9 Å². The van der Waals surface area contributed by atoms with Gasteiger partial charge in [-0.25, -0.2) is 23.8 Å². The fourth-order valence-electron chi connectivity index (χ4n) is 5.63. The zero-order valence-electron chi connectivity index (χ0n) is 46.3. The molecule has 9 rings (SSSR count). The SMILES string of the molecule is C1CCOC1.CNC(=O)c1cc(Cl)ccn1.CNC(=O)c1cc(Oc2ccc(N)cc2)ccn1.CNC(=O)c1cc(Oc2ccc(NN)cc2)ccn1.COC(=O)c1cc(Cl)ccn1.Cl.Nc1ccc(O)cc1.O=C(O)c1ccccn1.O=S(Cl)Cl. The number of hydrogen-bond donors (Lipinski definition) is 9. The first-order valence-corrected chi connectivity index (χ1v) is 28.0. The smallest absolute Gasteiger partial charge is 0.356 e. The number of ether oxygens (including phenoxy) is 4.